The van der Waals surface area contributed by atoms with E-state index in [0.29, 0.717) is 62.2 Å². The Morgan fingerprint density at radius 2 is 1.90 bits per heavy atom. The molecule has 1 aliphatic heterocycles. The molecular weight excluding hydrogens is 415 g/mol. The number of aromatic nitrogens is 2. The van der Waals surface area contributed by atoms with Crippen molar-refractivity contribution in [3.8, 4) is 5.75 Å². The Bertz CT molecular complexity index is 844. The summed E-state index contributed by atoms with van der Waals surface area (Å²) < 4.78 is 51.6. The number of piperidine rings is 1. The summed E-state index contributed by atoms with van der Waals surface area (Å²) in [5, 5.41) is 3.96. The molecule has 2 heterocycles. The van der Waals surface area contributed by atoms with Crippen LogP contribution in [0.15, 0.2) is 28.8 Å². The minimum absolute atomic E-state index is 0.0358. The van der Waals surface area contributed by atoms with E-state index in [1.165, 1.54) is 12.1 Å². The fourth-order valence-electron chi connectivity index (χ4n) is 3.35. The summed E-state index contributed by atoms with van der Waals surface area (Å²) in [5.41, 5.74) is 0.322. The summed E-state index contributed by atoms with van der Waals surface area (Å²) >= 11 is 0. The van der Waals surface area contributed by atoms with Gasteiger partial charge in [0.2, 0.25) is 5.89 Å². The molecule has 1 fully saturated rings. The van der Waals surface area contributed by atoms with E-state index in [-0.39, 0.29) is 17.8 Å². The van der Waals surface area contributed by atoms with Crippen LogP contribution in [-0.2, 0) is 17.6 Å². The quantitative estimate of drug-likeness (QED) is 0.616. The number of halogens is 3. The summed E-state index contributed by atoms with van der Waals surface area (Å²) in [6, 6.07) is 4.96. The van der Waals surface area contributed by atoms with Crippen LogP contribution in [0.1, 0.15) is 48.8 Å². The minimum atomic E-state index is -4.76. The molecule has 0 aliphatic carbocycles. The zero-order valence-electron chi connectivity index (χ0n) is 17.5. The van der Waals surface area contributed by atoms with Gasteiger partial charge < -0.3 is 18.9 Å². The molecule has 0 unspecified atom stereocenters. The second-order valence-corrected chi connectivity index (χ2v) is 7.89. The van der Waals surface area contributed by atoms with Crippen LogP contribution in [0.3, 0.4) is 0 Å². The molecule has 7 nitrogen and oxygen atoms in total. The molecule has 10 heteroatoms. The topological polar surface area (TPSA) is 77.7 Å². The predicted octanol–water partition coefficient (Wildman–Crippen LogP) is 4.03. The van der Waals surface area contributed by atoms with Crippen LogP contribution in [0.2, 0.25) is 0 Å². The molecule has 0 spiro atoms. The summed E-state index contributed by atoms with van der Waals surface area (Å²) in [4.78, 5) is 18.6. The first-order chi connectivity index (χ1) is 14.7. The van der Waals surface area contributed by atoms with Crippen molar-refractivity contribution in [1.29, 1.82) is 0 Å². The van der Waals surface area contributed by atoms with Crippen molar-refractivity contribution < 1.29 is 32.0 Å². The summed E-state index contributed by atoms with van der Waals surface area (Å²) in [6.45, 7) is 5.68. The molecule has 170 valence electrons. The maximum atomic E-state index is 12.6. The van der Waals surface area contributed by atoms with Crippen molar-refractivity contribution in [2.75, 3.05) is 19.7 Å². The largest absolute Gasteiger partial charge is 0.573 e. The van der Waals surface area contributed by atoms with Gasteiger partial charge in [0.15, 0.2) is 5.82 Å². The van der Waals surface area contributed by atoms with Crippen molar-refractivity contribution in [1.82, 2.24) is 15.0 Å². The molecule has 1 saturated heterocycles. The first kappa shape index (κ1) is 23.1. The molecular formula is C21H26F3N3O4. The lowest BCUT2D eigenvalue weighted by atomic mass is 10.1. The fraction of sp³-hybridized carbons (Fsp3) is 0.571. The molecule has 0 radical (unpaired) electrons. The second kappa shape index (κ2) is 10.1. The average Bonchev–Trinajstić information content (AvgIpc) is 3.14. The zero-order valence-corrected chi connectivity index (χ0v) is 17.5. The van der Waals surface area contributed by atoms with Gasteiger partial charge in [0.05, 0.1) is 12.7 Å². The van der Waals surface area contributed by atoms with Crippen molar-refractivity contribution in [3.05, 3.63) is 41.5 Å². The molecule has 0 saturated carbocycles. The fourth-order valence-corrected chi connectivity index (χ4v) is 3.35. The van der Waals surface area contributed by atoms with Crippen molar-refractivity contribution in [2.24, 2.45) is 5.92 Å². The van der Waals surface area contributed by atoms with E-state index in [0.717, 1.165) is 18.6 Å². The lowest BCUT2D eigenvalue weighted by molar-refractivity contribution is -0.274. The first-order valence-electron chi connectivity index (χ1n) is 10.3. The number of carbonyl (C=O) groups excluding carboxylic acids is 1. The van der Waals surface area contributed by atoms with Crippen LogP contribution >= 0.6 is 0 Å². The number of nitrogens with zero attached hydrogens (tertiary/aromatic N) is 3. The van der Waals surface area contributed by atoms with Crippen LogP contribution in [0.5, 0.6) is 5.75 Å². The van der Waals surface area contributed by atoms with Gasteiger partial charge in [-0.05, 0) is 43.0 Å². The van der Waals surface area contributed by atoms with Crippen molar-refractivity contribution in [3.63, 3.8) is 0 Å². The third kappa shape index (κ3) is 7.23. The predicted molar refractivity (Wildman–Crippen MR) is 105 cm³/mol. The van der Waals surface area contributed by atoms with Gasteiger partial charge in [0.25, 0.3) is 5.91 Å². The number of likely N-dealkylation sites (tertiary alicyclic amines) is 1. The van der Waals surface area contributed by atoms with Crippen LogP contribution in [0.25, 0.3) is 0 Å². The molecule has 0 atom stereocenters. The van der Waals surface area contributed by atoms with E-state index in [1.807, 2.05) is 0 Å². The molecule has 1 aromatic heterocycles. The van der Waals surface area contributed by atoms with E-state index in [2.05, 4.69) is 28.7 Å². The summed E-state index contributed by atoms with van der Waals surface area (Å²) in [5.74, 6) is 1.13. The highest BCUT2D eigenvalue weighted by atomic mass is 19.4. The minimum Gasteiger partial charge on any atom is -0.406 e. The summed E-state index contributed by atoms with van der Waals surface area (Å²) in [6.07, 6.45) is -2.04. The monoisotopic (exact) mass is 441 g/mol. The molecule has 0 N–H and O–H groups in total. The third-order valence-corrected chi connectivity index (χ3v) is 4.84. The number of rotatable bonds is 8. The standard InChI is InChI=1S/C21H26F3N3O4/c1-14(2)13-19-25-18(26-31-19)9-12-29-16-7-10-27(11-8-16)20(28)15-3-5-17(6-4-15)30-21(22,23)24/h3-6,14,16H,7-13H2,1-2H3. The lowest BCUT2D eigenvalue weighted by Gasteiger charge is -2.32. The maximum Gasteiger partial charge on any atom is 0.573 e. The lowest BCUT2D eigenvalue weighted by Crippen LogP contribution is -2.41. The number of alkyl halides is 3. The van der Waals surface area contributed by atoms with Crippen LogP contribution < -0.4 is 4.74 Å². The van der Waals surface area contributed by atoms with E-state index < -0.39 is 6.36 Å². The molecule has 3 rings (SSSR count). The van der Waals surface area contributed by atoms with E-state index in [4.69, 9.17) is 9.26 Å². The van der Waals surface area contributed by atoms with Crippen LogP contribution in [-0.4, -0.2) is 53.1 Å². The Hall–Kier alpha value is -2.62. The van der Waals surface area contributed by atoms with Gasteiger partial charge in [-0.3, -0.25) is 4.79 Å². The van der Waals surface area contributed by atoms with Crippen molar-refractivity contribution >= 4 is 5.91 Å². The first-order valence-corrected chi connectivity index (χ1v) is 10.3. The van der Waals surface area contributed by atoms with Gasteiger partial charge in [0, 0.05) is 31.5 Å². The molecule has 31 heavy (non-hydrogen) atoms. The van der Waals surface area contributed by atoms with E-state index in [1.54, 1.807) is 4.90 Å². The van der Waals surface area contributed by atoms with Crippen molar-refractivity contribution in [2.45, 2.75) is 52.0 Å². The Morgan fingerprint density at radius 3 is 2.52 bits per heavy atom. The molecule has 2 aromatic rings. The number of carbonyl (C=O) groups is 1. The van der Waals surface area contributed by atoms with Crippen LogP contribution in [0.4, 0.5) is 13.2 Å². The zero-order chi connectivity index (χ0) is 22.4. The van der Waals surface area contributed by atoms with Gasteiger partial charge in [-0.15, -0.1) is 13.2 Å². The van der Waals surface area contributed by atoms with Gasteiger partial charge in [-0.1, -0.05) is 19.0 Å². The van der Waals surface area contributed by atoms with Gasteiger partial charge >= 0.3 is 6.36 Å². The normalized spacial score (nSPS) is 15.5. The molecule has 1 amide bonds. The maximum absolute atomic E-state index is 12.6. The number of amides is 1. The number of benzene rings is 1. The Morgan fingerprint density at radius 1 is 1.23 bits per heavy atom. The Kier molecular flexibility index (Phi) is 7.53. The highest BCUT2D eigenvalue weighted by Gasteiger charge is 2.31. The number of hydrogen-bond acceptors (Lipinski definition) is 6. The molecule has 0 bridgehead atoms. The number of ether oxygens (including phenoxy) is 2. The highest BCUT2D eigenvalue weighted by molar-refractivity contribution is 5.94. The van der Waals surface area contributed by atoms with Crippen LogP contribution in [0, 0.1) is 5.92 Å². The Labute approximate surface area is 178 Å². The number of hydrogen-bond donors (Lipinski definition) is 0. The SMILES string of the molecule is CC(C)Cc1nc(CCOC2CCN(C(=O)c3ccc(OC(F)(F)F)cc3)CC2)no1. The highest BCUT2D eigenvalue weighted by Crippen LogP contribution is 2.24. The second-order valence-electron chi connectivity index (χ2n) is 7.89. The smallest absolute Gasteiger partial charge is 0.406 e. The Balaban J connectivity index is 1.40. The van der Waals surface area contributed by atoms with Gasteiger partial charge in [0.1, 0.15) is 5.75 Å². The molecule has 1 aromatic carbocycles. The third-order valence-electron chi connectivity index (χ3n) is 4.84. The van der Waals surface area contributed by atoms with E-state index in [9.17, 15) is 18.0 Å². The average molecular weight is 441 g/mol. The van der Waals surface area contributed by atoms with Gasteiger partial charge in [-0.2, -0.15) is 4.98 Å². The van der Waals surface area contributed by atoms with Gasteiger partial charge in [-0.25, -0.2) is 0 Å². The summed E-state index contributed by atoms with van der Waals surface area (Å²) in [7, 11) is 0. The molecule has 1 aliphatic rings. The van der Waals surface area contributed by atoms with E-state index >= 15 is 0 Å².